The van der Waals surface area contributed by atoms with Crippen LogP contribution in [0.4, 0.5) is 9.59 Å². The Labute approximate surface area is 464 Å². The largest absolute Gasteiger partial charge is 0.491 e. The van der Waals surface area contributed by atoms with Crippen molar-refractivity contribution in [2.45, 2.75) is 81.9 Å². The standard InChI is InChI=1S/C48H75N11O22/c1-4-9-73-10-11-74-12-13-75-14-15-76-16-17-77-29-19-27(41(65)53-5-7-55-47(71)80-38(32(63)23-60)37-25(2)30(58-45(49)50)21-34(78-37)43(67)68)18-28(20-29)42(66)54-6-8-56-48(72)81-39(33(64)24-61)40-36(57-26(3)62)31(59-46(51)52)22-35(79-40)44(69)70/h18-22,25,30-33,36-40,60-61,63-64H,4-17,23-24H2,1-3H3,(H,53,65)(H,54,66)(H,55,71)(H,56,72)(H,57,62)(H,67,68)(H,69,70)(H4,49,50,58)(H4,51,52,59)/t25-,30+,31+,32-,33-,36-,37-,38-,39-,40-/m1/s1. The summed E-state index contributed by atoms with van der Waals surface area (Å²) in [6, 6.07) is 0.226. The lowest BCUT2D eigenvalue weighted by atomic mass is 9.87. The van der Waals surface area contributed by atoms with Crippen LogP contribution in [0.5, 0.6) is 5.75 Å². The zero-order chi connectivity index (χ0) is 60.0. The highest BCUT2D eigenvalue weighted by Gasteiger charge is 2.47. The first-order valence-electron chi connectivity index (χ1n) is 25.4. The first-order chi connectivity index (χ1) is 38.6. The van der Waals surface area contributed by atoms with Gasteiger partial charge in [-0.15, -0.1) is 0 Å². The number of hydrogen-bond acceptors (Lipinski definition) is 22. The Hall–Kier alpha value is -7.79. The van der Waals surface area contributed by atoms with Crippen LogP contribution in [0.3, 0.4) is 0 Å². The molecule has 0 bridgehead atoms. The summed E-state index contributed by atoms with van der Waals surface area (Å²) in [5.41, 5.74) is 21.9. The molecule has 10 atom stereocenters. The summed E-state index contributed by atoms with van der Waals surface area (Å²) in [7, 11) is 0. The van der Waals surface area contributed by atoms with E-state index in [2.05, 4.69) is 36.6 Å². The molecule has 5 amide bonds. The molecule has 2 aliphatic heterocycles. The van der Waals surface area contributed by atoms with Crippen LogP contribution in [0.1, 0.15) is 47.9 Å². The summed E-state index contributed by atoms with van der Waals surface area (Å²) in [5, 5.41) is 72.6. The van der Waals surface area contributed by atoms with Gasteiger partial charge in [0.1, 0.15) is 30.7 Å². The summed E-state index contributed by atoms with van der Waals surface area (Å²) >= 11 is 0. The second-order valence-corrected chi connectivity index (χ2v) is 17.7. The molecule has 0 saturated carbocycles. The quantitative estimate of drug-likeness (QED) is 0.0170. The van der Waals surface area contributed by atoms with Crippen molar-refractivity contribution in [3.8, 4) is 5.75 Å². The van der Waals surface area contributed by atoms with Gasteiger partial charge in [-0.2, -0.15) is 0 Å². The van der Waals surface area contributed by atoms with Gasteiger partial charge < -0.3 is 123 Å². The zero-order valence-corrected chi connectivity index (χ0v) is 44.9. The molecular formula is C48H75N11O22. The lowest BCUT2D eigenvalue weighted by Gasteiger charge is -2.39. The lowest BCUT2D eigenvalue weighted by Crippen LogP contribution is -2.61. The molecule has 0 aliphatic carbocycles. The zero-order valence-electron chi connectivity index (χ0n) is 44.9. The van der Waals surface area contributed by atoms with E-state index in [4.69, 9.17) is 65.6 Å². The van der Waals surface area contributed by atoms with E-state index >= 15 is 0 Å². The fraction of sp³-hybridized carbons (Fsp3) is 0.604. The molecule has 33 heteroatoms. The average Bonchev–Trinajstić information content (AvgIpc) is 3.43. The fourth-order valence-corrected chi connectivity index (χ4v) is 7.63. The second kappa shape index (κ2) is 35.7. The molecule has 19 N–H and O–H groups in total. The maximum Gasteiger partial charge on any atom is 0.407 e. The fourth-order valence-electron chi connectivity index (χ4n) is 7.63. The molecule has 3 rings (SSSR count). The van der Waals surface area contributed by atoms with E-state index < -0.39 is 133 Å². The molecule has 1 aromatic rings. The van der Waals surface area contributed by atoms with E-state index in [0.29, 0.717) is 33.0 Å². The highest BCUT2D eigenvalue weighted by Crippen LogP contribution is 2.31. The van der Waals surface area contributed by atoms with Gasteiger partial charge in [0.25, 0.3) is 11.8 Å². The van der Waals surface area contributed by atoms with Crippen molar-refractivity contribution in [2.24, 2.45) is 38.8 Å². The Morgan fingerprint density at radius 2 is 1.01 bits per heavy atom. The minimum atomic E-state index is -1.91. The van der Waals surface area contributed by atoms with E-state index in [1.54, 1.807) is 0 Å². The molecule has 0 spiro atoms. The van der Waals surface area contributed by atoms with Crippen molar-refractivity contribution < 1.29 is 107 Å². The Kier molecular flexibility index (Phi) is 29.8. The molecule has 2 aliphatic rings. The number of carbonyl (C=O) groups excluding carboxylic acids is 5. The number of carboxylic acids is 2. The van der Waals surface area contributed by atoms with Crippen molar-refractivity contribution in [2.75, 3.05) is 98.9 Å². The number of aliphatic hydroxyl groups is 4. The van der Waals surface area contributed by atoms with Crippen LogP contribution in [0.2, 0.25) is 0 Å². The number of benzene rings is 1. The van der Waals surface area contributed by atoms with Crippen LogP contribution in [-0.2, 0) is 52.3 Å². The number of carboxylic acid groups (broad SMARTS) is 2. The second-order valence-electron chi connectivity index (χ2n) is 17.7. The third kappa shape index (κ3) is 23.8. The minimum absolute atomic E-state index is 0.0448. The van der Waals surface area contributed by atoms with Gasteiger partial charge in [0.05, 0.1) is 77.6 Å². The van der Waals surface area contributed by atoms with Crippen molar-refractivity contribution >= 4 is 53.8 Å². The summed E-state index contributed by atoms with van der Waals surface area (Å²) in [6.45, 7) is 4.32. The number of nitrogens with zero attached hydrogens (tertiary/aromatic N) is 2. The number of nitrogens with two attached hydrogens (primary N) is 4. The van der Waals surface area contributed by atoms with E-state index in [0.717, 1.165) is 25.5 Å². The van der Waals surface area contributed by atoms with Crippen molar-refractivity contribution in [1.82, 2.24) is 26.6 Å². The maximum absolute atomic E-state index is 13.5. The molecule has 2 heterocycles. The van der Waals surface area contributed by atoms with Crippen LogP contribution in [0.15, 0.2) is 51.9 Å². The van der Waals surface area contributed by atoms with E-state index in [9.17, 15) is 64.2 Å². The normalized spacial score (nSPS) is 19.8. The summed E-state index contributed by atoms with van der Waals surface area (Å²) in [5.74, 6) is -8.28. The molecule has 0 unspecified atom stereocenters. The van der Waals surface area contributed by atoms with Gasteiger partial charge in [-0.1, -0.05) is 13.8 Å². The predicted molar refractivity (Wildman–Crippen MR) is 280 cm³/mol. The first-order valence-corrected chi connectivity index (χ1v) is 25.4. The maximum atomic E-state index is 13.5. The van der Waals surface area contributed by atoms with Gasteiger partial charge in [-0.3, -0.25) is 14.4 Å². The molecule has 0 fully saturated rings. The monoisotopic (exact) mass is 1160 g/mol. The first kappa shape index (κ1) is 67.5. The predicted octanol–water partition coefficient (Wildman–Crippen LogP) is -4.94. The van der Waals surface area contributed by atoms with E-state index in [1.807, 2.05) is 6.92 Å². The molecule has 454 valence electrons. The van der Waals surface area contributed by atoms with Gasteiger partial charge in [-0.25, -0.2) is 29.2 Å². The number of carbonyl (C=O) groups is 7. The van der Waals surface area contributed by atoms with E-state index in [-0.39, 0.29) is 75.4 Å². The van der Waals surface area contributed by atoms with Crippen LogP contribution < -0.4 is 54.3 Å². The smallest absolute Gasteiger partial charge is 0.407 e. The molecule has 33 nitrogen and oxygen atoms in total. The van der Waals surface area contributed by atoms with Crippen molar-refractivity contribution in [3.05, 3.63) is 53.0 Å². The SMILES string of the molecule is CCCOCCOCCOCCOCCOc1cc(C(=O)NCCNC(=O)O[C@@H]([C@@H]2OC(C(=O)O)=C[C@H](N=C(N)N)[C@H]2C)[C@H](O)CO)cc(C(=O)NCCNC(=O)O[C@@H]([C@@H]2OC(C(=O)O)=C[C@H](N=C(N)N)[C@H]2NC(C)=O)[C@H](O)CO)c1. The Morgan fingerprint density at radius 1 is 0.605 bits per heavy atom. The third-order valence-electron chi connectivity index (χ3n) is 11.4. The topological polar surface area (TPSA) is 513 Å². The molecule has 1 aromatic carbocycles. The van der Waals surface area contributed by atoms with Crippen LogP contribution in [-0.4, -0.2) is 238 Å². The number of aliphatic imine (C=N–C) groups is 2. The number of ether oxygens (including phenoxy) is 9. The number of hydrogen-bond donors (Lipinski definition) is 15. The van der Waals surface area contributed by atoms with Crippen molar-refractivity contribution in [3.63, 3.8) is 0 Å². The molecular weight excluding hydrogens is 1080 g/mol. The number of aliphatic carboxylic acids is 2. The van der Waals surface area contributed by atoms with Gasteiger partial charge in [0.15, 0.2) is 30.2 Å². The number of amides is 5. The highest BCUT2D eigenvalue weighted by atomic mass is 16.6. The number of guanidine groups is 2. The molecule has 0 radical (unpaired) electrons. The summed E-state index contributed by atoms with van der Waals surface area (Å²) < 4.78 is 49.5. The minimum Gasteiger partial charge on any atom is -0.491 e. The highest BCUT2D eigenvalue weighted by molar-refractivity contribution is 6.00. The molecule has 0 aromatic heterocycles. The van der Waals surface area contributed by atoms with Crippen LogP contribution in [0, 0.1) is 5.92 Å². The lowest BCUT2D eigenvalue weighted by molar-refractivity contribution is -0.147. The number of aliphatic hydroxyl groups excluding tert-OH is 4. The van der Waals surface area contributed by atoms with Gasteiger partial charge in [0, 0.05) is 56.8 Å². The number of rotatable bonds is 36. The Balaban J connectivity index is 1.69. The van der Waals surface area contributed by atoms with E-state index in [1.165, 1.54) is 25.1 Å². The van der Waals surface area contributed by atoms with Crippen LogP contribution >= 0.6 is 0 Å². The summed E-state index contributed by atoms with van der Waals surface area (Å²) in [4.78, 5) is 97.1. The van der Waals surface area contributed by atoms with Crippen molar-refractivity contribution in [1.29, 1.82) is 0 Å². The number of nitrogens with one attached hydrogen (secondary N) is 5. The van der Waals surface area contributed by atoms with Gasteiger partial charge in [-0.05, 0) is 36.8 Å². The van der Waals surface area contributed by atoms with Gasteiger partial charge >= 0.3 is 24.1 Å². The molecule has 0 saturated heterocycles. The average molecular weight is 1160 g/mol. The van der Waals surface area contributed by atoms with Crippen LogP contribution in [0.25, 0.3) is 0 Å². The third-order valence-corrected chi connectivity index (χ3v) is 11.4. The summed E-state index contributed by atoms with van der Waals surface area (Å²) in [6.07, 6.45) is -9.61. The van der Waals surface area contributed by atoms with Gasteiger partial charge in [0.2, 0.25) is 17.4 Å². The number of alkyl carbamates (subject to hydrolysis) is 2. The Bertz CT molecular complexity index is 2350. The molecule has 81 heavy (non-hydrogen) atoms. The Morgan fingerprint density at radius 3 is 1.44 bits per heavy atom.